The van der Waals surface area contributed by atoms with E-state index in [0.29, 0.717) is 25.0 Å². The molecule has 0 aliphatic rings. The van der Waals surface area contributed by atoms with Gasteiger partial charge in [-0.1, -0.05) is 47.1 Å². The molecule has 0 saturated carbocycles. The second kappa shape index (κ2) is 8.93. The molecule has 0 aromatic heterocycles. The minimum absolute atomic E-state index is 0.0653. The van der Waals surface area contributed by atoms with Crippen LogP contribution < -0.4 is 15.2 Å². The molecule has 0 saturated heterocycles. The van der Waals surface area contributed by atoms with E-state index in [1.807, 2.05) is 12.1 Å². The molecule has 120 valence electrons. The Hall–Kier alpha value is -1.22. The summed E-state index contributed by atoms with van der Waals surface area (Å²) < 4.78 is 11.8. The first-order chi connectivity index (χ1) is 9.93. The fourth-order valence-corrected chi connectivity index (χ4v) is 1.98. The van der Waals surface area contributed by atoms with Gasteiger partial charge in [0.05, 0.1) is 13.2 Å². The van der Waals surface area contributed by atoms with Crippen molar-refractivity contribution in [1.82, 2.24) is 0 Å². The van der Waals surface area contributed by atoms with Gasteiger partial charge in [-0.3, -0.25) is 0 Å². The molecule has 0 aliphatic heterocycles. The lowest BCUT2D eigenvalue weighted by atomic mass is 10.0. The molecule has 0 fully saturated rings. The molecule has 1 aromatic carbocycles. The van der Waals surface area contributed by atoms with Crippen molar-refractivity contribution in [3.8, 4) is 11.5 Å². The van der Waals surface area contributed by atoms with E-state index in [4.69, 9.17) is 15.2 Å². The van der Waals surface area contributed by atoms with E-state index in [-0.39, 0.29) is 6.04 Å². The zero-order valence-corrected chi connectivity index (χ0v) is 14.2. The van der Waals surface area contributed by atoms with Crippen molar-refractivity contribution in [2.75, 3.05) is 13.2 Å². The van der Waals surface area contributed by atoms with Crippen LogP contribution in [0.3, 0.4) is 0 Å². The van der Waals surface area contributed by atoms with Crippen LogP contribution in [0.2, 0.25) is 0 Å². The van der Waals surface area contributed by atoms with Gasteiger partial charge in [-0.15, -0.1) is 0 Å². The number of benzene rings is 1. The first kappa shape index (κ1) is 17.8. The Balaban J connectivity index is 2.90. The normalized spacial score (nSPS) is 12.8. The molecule has 0 amide bonds. The second-order valence-electron chi connectivity index (χ2n) is 6.51. The average molecular weight is 293 g/mol. The highest BCUT2D eigenvalue weighted by Gasteiger charge is 2.12. The zero-order valence-electron chi connectivity index (χ0n) is 14.2. The third-order valence-corrected chi connectivity index (χ3v) is 3.14. The lowest BCUT2D eigenvalue weighted by molar-refractivity contribution is 0.229. The number of ether oxygens (including phenoxy) is 2. The molecule has 0 bridgehead atoms. The molecule has 1 atom stereocenters. The van der Waals surface area contributed by atoms with Crippen molar-refractivity contribution in [3.63, 3.8) is 0 Å². The SMILES string of the molecule is CCCC(N)c1ccc(OCC(C)C)c(OCC(C)C)c1. The van der Waals surface area contributed by atoms with Crippen LogP contribution in [-0.4, -0.2) is 13.2 Å². The standard InChI is InChI=1S/C18H31NO2/c1-6-7-16(19)15-8-9-17(20-11-13(2)3)18(10-15)21-12-14(4)5/h8-10,13-14,16H,6-7,11-12,19H2,1-5H3. The molecular formula is C18H31NO2. The Kier molecular flexibility index (Phi) is 7.58. The molecular weight excluding hydrogens is 262 g/mol. The molecule has 21 heavy (non-hydrogen) atoms. The highest BCUT2D eigenvalue weighted by molar-refractivity contribution is 5.44. The smallest absolute Gasteiger partial charge is 0.161 e. The van der Waals surface area contributed by atoms with E-state index in [2.05, 4.69) is 40.7 Å². The van der Waals surface area contributed by atoms with Gasteiger partial charge in [0, 0.05) is 6.04 Å². The monoisotopic (exact) mass is 293 g/mol. The molecule has 0 heterocycles. The molecule has 1 aromatic rings. The summed E-state index contributed by atoms with van der Waals surface area (Å²) in [6, 6.07) is 6.15. The fraction of sp³-hybridized carbons (Fsp3) is 0.667. The van der Waals surface area contributed by atoms with Gasteiger partial charge in [0.25, 0.3) is 0 Å². The Morgan fingerprint density at radius 3 is 2.05 bits per heavy atom. The van der Waals surface area contributed by atoms with E-state index in [1.54, 1.807) is 0 Å². The average Bonchev–Trinajstić information content (AvgIpc) is 2.43. The summed E-state index contributed by atoms with van der Waals surface area (Å²) in [5.41, 5.74) is 7.32. The van der Waals surface area contributed by atoms with Crippen LogP contribution in [0.1, 0.15) is 59.1 Å². The lowest BCUT2D eigenvalue weighted by Crippen LogP contribution is -2.12. The largest absolute Gasteiger partial charge is 0.489 e. The van der Waals surface area contributed by atoms with Gasteiger partial charge in [0.15, 0.2) is 11.5 Å². The van der Waals surface area contributed by atoms with Crippen LogP contribution in [0.5, 0.6) is 11.5 Å². The third-order valence-electron chi connectivity index (χ3n) is 3.14. The third kappa shape index (κ3) is 6.38. The Labute approximate surface area is 129 Å². The number of hydrogen-bond acceptors (Lipinski definition) is 3. The van der Waals surface area contributed by atoms with Crippen molar-refractivity contribution in [1.29, 1.82) is 0 Å². The van der Waals surface area contributed by atoms with Crippen LogP contribution in [0.15, 0.2) is 18.2 Å². The van der Waals surface area contributed by atoms with Gasteiger partial charge in [0.1, 0.15) is 0 Å². The lowest BCUT2D eigenvalue weighted by Gasteiger charge is -2.18. The summed E-state index contributed by atoms with van der Waals surface area (Å²) in [6.45, 7) is 12.1. The van der Waals surface area contributed by atoms with E-state index < -0.39 is 0 Å². The molecule has 3 nitrogen and oxygen atoms in total. The predicted molar refractivity (Wildman–Crippen MR) is 88.9 cm³/mol. The summed E-state index contributed by atoms with van der Waals surface area (Å²) in [7, 11) is 0. The van der Waals surface area contributed by atoms with Gasteiger partial charge in [-0.05, 0) is 36.0 Å². The van der Waals surface area contributed by atoms with Crippen molar-refractivity contribution >= 4 is 0 Å². The quantitative estimate of drug-likeness (QED) is 0.726. The minimum Gasteiger partial charge on any atom is -0.489 e. The molecule has 0 spiro atoms. The van der Waals surface area contributed by atoms with Gasteiger partial charge in [-0.25, -0.2) is 0 Å². The van der Waals surface area contributed by atoms with Crippen LogP contribution >= 0.6 is 0 Å². The van der Waals surface area contributed by atoms with E-state index in [0.717, 1.165) is 29.9 Å². The maximum Gasteiger partial charge on any atom is 0.161 e. The first-order valence-corrected chi connectivity index (χ1v) is 8.09. The molecule has 1 unspecified atom stereocenters. The summed E-state index contributed by atoms with van der Waals surface area (Å²) in [5, 5.41) is 0. The first-order valence-electron chi connectivity index (χ1n) is 8.09. The predicted octanol–water partition coefficient (Wildman–Crippen LogP) is 4.56. The van der Waals surface area contributed by atoms with Crippen molar-refractivity contribution in [2.45, 2.75) is 53.5 Å². The minimum atomic E-state index is 0.0653. The maximum absolute atomic E-state index is 6.21. The Morgan fingerprint density at radius 1 is 0.952 bits per heavy atom. The maximum atomic E-state index is 6.21. The van der Waals surface area contributed by atoms with Gasteiger partial charge in [0.2, 0.25) is 0 Å². The highest BCUT2D eigenvalue weighted by Crippen LogP contribution is 2.32. The summed E-state index contributed by atoms with van der Waals surface area (Å²) >= 11 is 0. The van der Waals surface area contributed by atoms with Gasteiger partial charge >= 0.3 is 0 Å². The Bertz CT molecular complexity index is 416. The van der Waals surface area contributed by atoms with Crippen molar-refractivity contribution < 1.29 is 9.47 Å². The molecule has 3 heteroatoms. The van der Waals surface area contributed by atoms with Crippen molar-refractivity contribution in [2.24, 2.45) is 17.6 Å². The number of nitrogens with two attached hydrogens (primary N) is 1. The van der Waals surface area contributed by atoms with E-state index >= 15 is 0 Å². The zero-order chi connectivity index (χ0) is 15.8. The van der Waals surface area contributed by atoms with Crippen LogP contribution in [0.4, 0.5) is 0 Å². The van der Waals surface area contributed by atoms with Gasteiger partial charge < -0.3 is 15.2 Å². The Morgan fingerprint density at radius 2 is 1.52 bits per heavy atom. The van der Waals surface area contributed by atoms with Crippen LogP contribution in [0, 0.1) is 11.8 Å². The van der Waals surface area contributed by atoms with Crippen LogP contribution in [-0.2, 0) is 0 Å². The van der Waals surface area contributed by atoms with Gasteiger partial charge in [-0.2, -0.15) is 0 Å². The molecule has 1 rings (SSSR count). The molecule has 2 N–H and O–H groups in total. The number of rotatable bonds is 9. The highest BCUT2D eigenvalue weighted by atomic mass is 16.5. The fourth-order valence-electron chi connectivity index (χ4n) is 1.98. The molecule has 0 radical (unpaired) electrons. The summed E-state index contributed by atoms with van der Waals surface area (Å²) in [6.07, 6.45) is 2.06. The van der Waals surface area contributed by atoms with Crippen molar-refractivity contribution in [3.05, 3.63) is 23.8 Å². The van der Waals surface area contributed by atoms with Crippen LogP contribution in [0.25, 0.3) is 0 Å². The van der Waals surface area contributed by atoms with E-state index in [1.165, 1.54) is 0 Å². The second-order valence-corrected chi connectivity index (χ2v) is 6.51. The topological polar surface area (TPSA) is 44.5 Å². The van der Waals surface area contributed by atoms with E-state index in [9.17, 15) is 0 Å². The summed E-state index contributed by atoms with van der Waals surface area (Å²) in [5.74, 6) is 2.60. The summed E-state index contributed by atoms with van der Waals surface area (Å²) in [4.78, 5) is 0. The molecule has 0 aliphatic carbocycles. The number of hydrogen-bond donors (Lipinski definition) is 1.